The van der Waals surface area contributed by atoms with Crippen LogP contribution >= 0.6 is 23.5 Å². The van der Waals surface area contributed by atoms with E-state index >= 15 is 0 Å². The largest absolute Gasteiger partial charge is 0.481 e. The molecule has 37 heavy (non-hydrogen) atoms. The number of pyridine rings is 2. The van der Waals surface area contributed by atoms with Gasteiger partial charge in [-0.25, -0.2) is 4.98 Å². The Kier molecular flexibility index (Phi) is 6.82. The first-order valence-corrected chi connectivity index (χ1v) is 13.7. The maximum atomic E-state index is 12.6. The number of aromatic amines is 1. The second-order valence-corrected chi connectivity index (χ2v) is 10.9. The number of methoxy groups -OCH3 is 1. The van der Waals surface area contributed by atoms with Gasteiger partial charge in [0.05, 0.1) is 26.0 Å². The molecule has 0 radical (unpaired) electrons. The van der Waals surface area contributed by atoms with Crippen LogP contribution in [0.1, 0.15) is 5.56 Å². The van der Waals surface area contributed by atoms with E-state index in [1.54, 1.807) is 36.7 Å². The average Bonchev–Trinajstić information content (AvgIpc) is 2.95. The van der Waals surface area contributed by atoms with E-state index in [2.05, 4.69) is 62.6 Å². The standard InChI is InChI=1S/C28H26N4O3S2/c1-34-27-8-5-18(17-30-27)16-29-19-6-7-23-25(13-19)36-24-4-2-3-21(28(24)37-23)22-14-20(15-26(33)31-22)32-9-11-35-12-10-32/h2-8,13-15,17,29H,9-12,16H2,1H3,(H,31,33). The Balaban J connectivity index is 1.24. The van der Waals surface area contributed by atoms with E-state index < -0.39 is 0 Å². The summed E-state index contributed by atoms with van der Waals surface area (Å²) in [6, 6.07) is 20.4. The van der Waals surface area contributed by atoms with Crippen LogP contribution in [-0.2, 0) is 11.3 Å². The Hall–Kier alpha value is -3.40. The zero-order chi connectivity index (χ0) is 25.2. The lowest BCUT2D eigenvalue weighted by molar-refractivity contribution is 0.122. The van der Waals surface area contributed by atoms with Crippen molar-refractivity contribution in [3.05, 3.63) is 82.8 Å². The molecule has 0 spiro atoms. The molecule has 9 heteroatoms. The minimum atomic E-state index is -0.0896. The van der Waals surface area contributed by atoms with E-state index in [0.29, 0.717) is 25.6 Å². The van der Waals surface area contributed by atoms with Crippen LogP contribution in [-0.4, -0.2) is 43.4 Å². The van der Waals surface area contributed by atoms with Crippen LogP contribution in [0.2, 0.25) is 0 Å². The van der Waals surface area contributed by atoms with Crippen LogP contribution < -0.4 is 20.5 Å². The highest BCUT2D eigenvalue weighted by Crippen LogP contribution is 2.52. The molecule has 2 aromatic carbocycles. The molecule has 1 fully saturated rings. The summed E-state index contributed by atoms with van der Waals surface area (Å²) in [5.41, 5.74) is 4.88. The van der Waals surface area contributed by atoms with Crippen LogP contribution in [0.5, 0.6) is 5.88 Å². The number of hydrogen-bond donors (Lipinski definition) is 2. The number of nitrogens with one attached hydrogen (secondary N) is 2. The monoisotopic (exact) mass is 530 g/mol. The van der Waals surface area contributed by atoms with Gasteiger partial charge in [0.25, 0.3) is 0 Å². The van der Waals surface area contributed by atoms with E-state index in [0.717, 1.165) is 41.3 Å². The predicted molar refractivity (Wildman–Crippen MR) is 148 cm³/mol. The van der Waals surface area contributed by atoms with Crippen molar-refractivity contribution in [2.45, 2.75) is 26.1 Å². The molecule has 2 aliphatic heterocycles. The fourth-order valence-electron chi connectivity index (χ4n) is 4.44. The quantitative estimate of drug-likeness (QED) is 0.298. The number of H-pyrrole nitrogens is 1. The fourth-order valence-corrected chi connectivity index (χ4v) is 6.86. The lowest BCUT2D eigenvalue weighted by Gasteiger charge is -2.29. The molecule has 0 saturated carbocycles. The highest BCUT2D eigenvalue weighted by molar-refractivity contribution is 8.05. The molecule has 2 N–H and O–H groups in total. The highest BCUT2D eigenvalue weighted by atomic mass is 32.2. The van der Waals surface area contributed by atoms with Crippen molar-refractivity contribution < 1.29 is 9.47 Å². The maximum Gasteiger partial charge on any atom is 0.250 e. The molecule has 0 aliphatic carbocycles. The molecule has 0 unspecified atom stereocenters. The van der Waals surface area contributed by atoms with Gasteiger partial charge in [0.2, 0.25) is 11.4 Å². The third-order valence-electron chi connectivity index (χ3n) is 6.35. The van der Waals surface area contributed by atoms with Crippen LogP contribution in [0.3, 0.4) is 0 Å². The molecule has 1 saturated heterocycles. The van der Waals surface area contributed by atoms with Crippen molar-refractivity contribution in [3.63, 3.8) is 0 Å². The minimum Gasteiger partial charge on any atom is -0.481 e. The van der Waals surface area contributed by atoms with Gasteiger partial charge in [-0.15, -0.1) is 0 Å². The summed E-state index contributed by atoms with van der Waals surface area (Å²) in [6.07, 6.45) is 1.82. The summed E-state index contributed by atoms with van der Waals surface area (Å²) in [6.45, 7) is 3.62. The van der Waals surface area contributed by atoms with E-state index in [1.165, 1.54) is 19.6 Å². The van der Waals surface area contributed by atoms with Crippen LogP contribution in [0.25, 0.3) is 11.3 Å². The van der Waals surface area contributed by atoms with Crippen LogP contribution in [0.15, 0.2) is 91.2 Å². The Morgan fingerprint density at radius 1 is 1.03 bits per heavy atom. The van der Waals surface area contributed by atoms with Crippen molar-refractivity contribution >= 4 is 34.9 Å². The number of fused-ring (bicyclic) bond motifs is 2. The van der Waals surface area contributed by atoms with E-state index in [1.807, 2.05) is 18.3 Å². The molecule has 2 aliphatic rings. The Morgan fingerprint density at radius 2 is 1.92 bits per heavy atom. The van der Waals surface area contributed by atoms with Gasteiger partial charge in [-0.1, -0.05) is 41.7 Å². The second kappa shape index (κ2) is 10.5. The van der Waals surface area contributed by atoms with E-state index in [4.69, 9.17) is 9.47 Å². The van der Waals surface area contributed by atoms with Crippen molar-refractivity contribution in [1.82, 2.24) is 9.97 Å². The molecule has 7 nitrogen and oxygen atoms in total. The average molecular weight is 531 g/mol. The molecule has 2 aromatic heterocycles. The first-order valence-electron chi connectivity index (χ1n) is 12.1. The van der Waals surface area contributed by atoms with Crippen LogP contribution in [0.4, 0.5) is 11.4 Å². The third kappa shape index (κ3) is 5.20. The lowest BCUT2D eigenvalue weighted by Crippen LogP contribution is -2.36. The number of nitrogens with zero attached hydrogens (tertiary/aromatic N) is 2. The molecule has 6 rings (SSSR count). The summed E-state index contributed by atoms with van der Waals surface area (Å²) in [5.74, 6) is 0.612. The first-order chi connectivity index (χ1) is 18.2. The zero-order valence-electron chi connectivity index (χ0n) is 20.3. The summed E-state index contributed by atoms with van der Waals surface area (Å²) in [7, 11) is 1.62. The zero-order valence-corrected chi connectivity index (χ0v) is 22.0. The second-order valence-electron chi connectivity index (χ2n) is 8.78. The van der Waals surface area contributed by atoms with Crippen molar-refractivity contribution in [2.24, 2.45) is 0 Å². The third-order valence-corrected chi connectivity index (χ3v) is 8.95. The topological polar surface area (TPSA) is 79.5 Å². The molecule has 0 amide bonds. The molecule has 0 bridgehead atoms. The Morgan fingerprint density at radius 3 is 2.73 bits per heavy atom. The number of ether oxygens (including phenoxy) is 2. The SMILES string of the molecule is COc1ccc(CNc2ccc3c(c2)Sc2cccc(-c4cc(N5CCOCC5)cc(=O)[nH]4)c2S3)cn1. The van der Waals surface area contributed by atoms with Gasteiger partial charge in [-0.2, -0.15) is 0 Å². The summed E-state index contributed by atoms with van der Waals surface area (Å²) in [5, 5.41) is 3.50. The molecule has 4 aromatic rings. The number of aromatic nitrogens is 2. The van der Waals surface area contributed by atoms with Gasteiger partial charge in [0.15, 0.2) is 0 Å². The van der Waals surface area contributed by atoms with Gasteiger partial charge in [-0.3, -0.25) is 4.79 Å². The minimum absolute atomic E-state index is 0.0896. The van der Waals surface area contributed by atoms with Crippen molar-refractivity contribution in [1.29, 1.82) is 0 Å². The van der Waals surface area contributed by atoms with Crippen molar-refractivity contribution in [2.75, 3.05) is 43.6 Å². The van der Waals surface area contributed by atoms with E-state index in [9.17, 15) is 4.79 Å². The number of anilines is 2. The van der Waals surface area contributed by atoms with Gasteiger partial charge in [0.1, 0.15) is 0 Å². The summed E-state index contributed by atoms with van der Waals surface area (Å²) < 4.78 is 10.6. The van der Waals surface area contributed by atoms with Crippen LogP contribution in [0, 0.1) is 0 Å². The fraction of sp³-hybridized carbons (Fsp3) is 0.214. The normalized spacial score (nSPS) is 14.6. The Labute approximate surface area is 223 Å². The van der Waals surface area contributed by atoms with Crippen molar-refractivity contribution in [3.8, 4) is 17.1 Å². The molecule has 188 valence electrons. The smallest absolute Gasteiger partial charge is 0.250 e. The number of benzene rings is 2. The maximum absolute atomic E-state index is 12.6. The summed E-state index contributed by atoms with van der Waals surface area (Å²) in [4.78, 5) is 26.9. The predicted octanol–water partition coefficient (Wildman–Crippen LogP) is 5.51. The number of hydrogen-bond acceptors (Lipinski definition) is 8. The molecular weight excluding hydrogens is 504 g/mol. The lowest BCUT2D eigenvalue weighted by atomic mass is 10.1. The number of morpholine rings is 1. The molecule has 0 atom stereocenters. The highest BCUT2D eigenvalue weighted by Gasteiger charge is 2.22. The van der Waals surface area contributed by atoms with Gasteiger partial charge in [0, 0.05) is 74.5 Å². The molecular formula is C28H26N4O3S2. The molecule has 4 heterocycles. The van der Waals surface area contributed by atoms with Gasteiger partial charge < -0.3 is 24.7 Å². The van der Waals surface area contributed by atoms with Gasteiger partial charge >= 0.3 is 0 Å². The Bertz CT molecular complexity index is 1480. The van der Waals surface area contributed by atoms with Gasteiger partial charge in [-0.05, 0) is 35.9 Å². The van der Waals surface area contributed by atoms with E-state index in [-0.39, 0.29) is 5.56 Å². The number of rotatable bonds is 6. The first kappa shape index (κ1) is 24.0. The summed E-state index contributed by atoms with van der Waals surface area (Å²) >= 11 is 3.51.